The van der Waals surface area contributed by atoms with Crippen LogP contribution in [-0.4, -0.2) is 15.4 Å². The minimum Gasteiger partial charge on any atom is -0.335 e. The smallest absolute Gasteiger partial charge is 0.0951 e. The molecule has 0 atom stereocenters. The van der Waals surface area contributed by atoms with Crippen molar-refractivity contribution in [3.05, 3.63) is 17.7 Å². The topological polar surface area (TPSA) is 17.8 Å². The number of halogens is 1. The molecule has 0 bridgehead atoms. The van der Waals surface area contributed by atoms with Crippen molar-refractivity contribution in [2.45, 2.75) is 46.1 Å². The summed E-state index contributed by atoms with van der Waals surface area (Å²) in [6, 6.07) is 0. The predicted molar refractivity (Wildman–Crippen MR) is 60.9 cm³/mol. The fraction of sp³-hybridized carbons (Fsp3) is 0.727. The number of unbranched alkanes of at least 4 members (excludes halogenated alkanes) is 3. The van der Waals surface area contributed by atoms with E-state index in [1.165, 1.54) is 25.0 Å². The van der Waals surface area contributed by atoms with Crippen LogP contribution in [0.5, 0.6) is 0 Å². The zero-order valence-electron chi connectivity index (χ0n) is 9.09. The first-order chi connectivity index (χ1) is 6.75. The first-order valence-corrected chi connectivity index (χ1v) is 5.83. The molecule has 0 radical (unpaired) electrons. The van der Waals surface area contributed by atoms with Crippen LogP contribution in [-0.2, 0) is 6.54 Å². The maximum absolute atomic E-state index is 5.61. The zero-order valence-corrected chi connectivity index (χ0v) is 9.85. The first kappa shape index (κ1) is 11.6. The van der Waals surface area contributed by atoms with Gasteiger partial charge in [0, 0.05) is 18.1 Å². The highest BCUT2D eigenvalue weighted by molar-refractivity contribution is 6.17. The van der Waals surface area contributed by atoms with E-state index in [1.54, 1.807) is 0 Å². The lowest BCUT2D eigenvalue weighted by atomic mass is 10.2. The molecule has 0 amide bonds. The Morgan fingerprint density at radius 3 is 2.50 bits per heavy atom. The van der Waals surface area contributed by atoms with Gasteiger partial charge in [-0.15, -0.1) is 11.6 Å². The molecule has 0 N–H and O–H groups in total. The summed E-state index contributed by atoms with van der Waals surface area (Å²) in [5, 5.41) is 0. The molecule has 1 aromatic heterocycles. The van der Waals surface area contributed by atoms with Gasteiger partial charge in [0.15, 0.2) is 0 Å². The van der Waals surface area contributed by atoms with Crippen molar-refractivity contribution in [3.63, 3.8) is 0 Å². The molecule has 14 heavy (non-hydrogen) atoms. The zero-order chi connectivity index (χ0) is 10.4. The molecule has 0 spiro atoms. The number of imidazole rings is 1. The third-order valence-corrected chi connectivity index (χ3v) is 2.90. The van der Waals surface area contributed by atoms with Gasteiger partial charge in [0.2, 0.25) is 0 Å². The SMILES string of the molecule is Cc1ncn(CCCCCCCl)c1C. The molecule has 0 saturated heterocycles. The Morgan fingerprint density at radius 2 is 1.93 bits per heavy atom. The van der Waals surface area contributed by atoms with Crippen LogP contribution in [0.2, 0.25) is 0 Å². The summed E-state index contributed by atoms with van der Waals surface area (Å²) < 4.78 is 2.23. The maximum Gasteiger partial charge on any atom is 0.0951 e. The van der Waals surface area contributed by atoms with E-state index in [4.69, 9.17) is 11.6 Å². The molecule has 3 heteroatoms. The van der Waals surface area contributed by atoms with E-state index < -0.39 is 0 Å². The predicted octanol–water partition coefficient (Wildman–Crippen LogP) is 3.30. The Bertz CT molecular complexity index is 268. The number of hydrogen-bond donors (Lipinski definition) is 0. The van der Waals surface area contributed by atoms with Crippen molar-refractivity contribution in [2.75, 3.05) is 5.88 Å². The van der Waals surface area contributed by atoms with Gasteiger partial charge < -0.3 is 4.57 Å². The van der Waals surface area contributed by atoms with Gasteiger partial charge in [0.1, 0.15) is 0 Å². The fourth-order valence-electron chi connectivity index (χ4n) is 1.50. The highest BCUT2D eigenvalue weighted by atomic mass is 35.5. The summed E-state index contributed by atoms with van der Waals surface area (Å²) in [5.74, 6) is 0.795. The lowest BCUT2D eigenvalue weighted by Gasteiger charge is -2.04. The fourth-order valence-corrected chi connectivity index (χ4v) is 1.69. The van der Waals surface area contributed by atoms with Crippen molar-refractivity contribution in [2.24, 2.45) is 0 Å². The van der Waals surface area contributed by atoms with Crippen LogP contribution >= 0.6 is 11.6 Å². The molecule has 0 aromatic carbocycles. The summed E-state index contributed by atoms with van der Waals surface area (Å²) in [6.07, 6.45) is 6.82. The van der Waals surface area contributed by atoms with Crippen LogP contribution in [0.3, 0.4) is 0 Å². The summed E-state index contributed by atoms with van der Waals surface area (Å²) in [7, 11) is 0. The van der Waals surface area contributed by atoms with Gasteiger partial charge in [-0.3, -0.25) is 0 Å². The van der Waals surface area contributed by atoms with E-state index in [9.17, 15) is 0 Å². The van der Waals surface area contributed by atoms with Gasteiger partial charge in [0.05, 0.1) is 12.0 Å². The molecule has 2 nitrogen and oxygen atoms in total. The molecule has 1 heterocycles. The van der Waals surface area contributed by atoms with Crippen LogP contribution in [0, 0.1) is 13.8 Å². The summed E-state index contributed by atoms with van der Waals surface area (Å²) in [6.45, 7) is 5.27. The Kier molecular flexibility index (Phi) is 5.02. The van der Waals surface area contributed by atoms with Gasteiger partial charge in [-0.05, 0) is 26.7 Å². The quantitative estimate of drug-likeness (QED) is 0.525. The number of aryl methyl sites for hydroxylation is 2. The maximum atomic E-state index is 5.61. The minimum absolute atomic E-state index is 0.795. The Labute approximate surface area is 91.3 Å². The molecule has 0 unspecified atom stereocenters. The average molecular weight is 215 g/mol. The van der Waals surface area contributed by atoms with Crippen LogP contribution in [0.25, 0.3) is 0 Å². The number of rotatable bonds is 6. The number of nitrogens with zero attached hydrogens (tertiary/aromatic N) is 2. The van der Waals surface area contributed by atoms with Crippen molar-refractivity contribution in [1.82, 2.24) is 9.55 Å². The van der Waals surface area contributed by atoms with Gasteiger partial charge in [-0.1, -0.05) is 12.8 Å². The highest BCUT2D eigenvalue weighted by Gasteiger charge is 2.00. The van der Waals surface area contributed by atoms with Crippen molar-refractivity contribution in [1.29, 1.82) is 0 Å². The first-order valence-electron chi connectivity index (χ1n) is 5.30. The summed E-state index contributed by atoms with van der Waals surface area (Å²) in [5.41, 5.74) is 2.44. The molecule has 1 aromatic rings. The van der Waals surface area contributed by atoms with Crippen molar-refractivity contribution < 1.29 is 0 Å². The van der Waals surface area contributed by atoms with Gasteiger partial charge in [0.25, 0.3) is 0 Å². The van der Waals surface area contributed by atoms with Gasteiger partial charge >= 0.3 is 0 Å². The van der Waals surface area contributed by atoms with E-state index >= 15 is 0 Å². The standard InChI is InChI=1S/C11H19ClN2/c1-10-11(2)14(9-13-10)8-6-4-3-5-7-12/h9H,3-8H2,1-2H3. The monoisotopic (exact) mass is 214 g/mol. The highest BCUT2D eigenvalue weighted by Crippen LogP contribution is 2.08. The molecule has 0 aliphatic carbocycles. The second-order valence-electron chi connectivity index (χ2n) is 3.71. The van der Waals surface area contributed by atoms with Crippen LogP contribution in [0.4, 0.5) is 0 Å². The molecule has 0 saturated carbocycles. The molecule has 0 aliphatic heterocycles. The van der Waals surface area contributed by atoms with Crippen molar-refractivity contribution >= 4 is 11.6 Å². The van der Waals surface area contributed by atoms with Gasteiger partial charge in [-0.25, -0.2) is 4.98 Å². The van der Waals surface area contributed by atoms with Crippen LogP contribution in [0.1, 0.15) is 37.1 Å². The van der Waals surface area contributed by atoms with Crippen LogP contribution < -0.4 is 0 Å². The Hall–Kier alpha value is -0.500. The molecule has 80 valence electrons. The van der Waals surface area contributed by atoms with E-state index in [1.807, 2.05) is 6.33 Å². The van der Waals surface area contributed by atoms with Gasteiger partial charge in [-0.2, -0.15) is 0 Å². The Morgan fingerprint density at radius 1 is 1.21 bits per heavy atom. The third-order valence-electron chi connectivity index (χ3n) is 2.63. The Balaban J connectivity index is 2.21. The second-order valence-corrected chi connectivity index (χ2v) is 4.09. The number of aromatic nitrogens is 2. The number of hydrogen-bond acceptors (Lipinski definition) is 1. The molecule has 0 aliphatic rings. The van der Waals surface area contributed by atoms with Crippen LogP contribution in [0.15, 0.2) is 6.33 Å². The lowest BCUT2D eigenvalue weighted by Crippen LogP contribution is -1.99. The van der Waals surface area contributed by atoms with E-state index in [0.29, 0.717) is 0 Å². The molecule has 1 rings (SSSR count). The van der Waals surface area contributed by atoms with E-state index in [-0.39, 0.29) is 0 Å². The minimum atomic E-state index is 0.795. The average Bonchev–Trinajstić information content (AvgIpc) is 2.49. The molecular weight excluding hydrogens is 196 g/mol. The van der Waals surface area contributed by atoms with E-state index in [0.717, 1.165) is 24.5 Å². The number of alkyl halides is 1. The molecular formula is C11H19ClN2. The van der Waals surface area contributed by atoms with Crippen molar-refractivity contribution in [3.8, 4) is 0 Å². The molecule has 0 fully saturated rings. The lowest BCUT2D eigenvalue weighted by molar-refractivity contribution is 0.575. The largest absolute Gasteiger partial charge is 0.335 e. The summed E-state index contributed by atoms with van der Waals surface area (Å²) >= 11 is 5.61. The normalized spacial score (nSPS) is 10.8. The van der Waals surface area contributed by atoms with E-state index in [2.05, 4.69) is 23.4 Å². The summed E-state index contributed by atoms with van der Waals surface area (Å²) in [4.78, 5) is 4.27. The second kappa shape index (κ2) is 6.07. The third kappa shape index (κ3) is 3.33.